The van der Waals surface area contributed by atoms with Crippen LogP contribution in [0.3, 0.4) is 0 Å². The Hall–Kier alpha value is -4.97. The number of rotatable bonds is 11. The number of urea groups is 1. The molecule has 0 aliphatic carbocycles. The number of oxazole rings is 1. The molecule has 2 aromatic carbocycles. The van der Waals surface area contributed by atoms with Crippen molar-refractivity contribution in [3.05, 3.63) is 63.6 Å². The first kappa shape index (κ1) is 41.8. The summed E-state index contributed by atoms with van der Waals surface area (Å²) in [4.78, 5) is 80.7. The van der Waals surface area contributed by atoms with Gasteiger partial charge in [-0.3, -0.25) is 29.3 Å². The van der Waals surface area contributed by atoms with Crippen molar-refractivity contribution in [3.8, 4) is 0 Å². The Labute approximate surface area is 349 Å². The Balaban J connectivity index is 0.839. The molecule has 5 aliphatic heterocycles. The van der Waals surface area contributed by atoms with Gasteiger partial charge in [0.05, 0.1) is 25.3 Å². The Kier molecular flexibility index (Phi) is 13.3. The maximum atomic E-state index is 14.3. The standard InChI is InChI=1S/C43H58N8O9/c1-30-26-31(27-36-39(30)45-42(55)59-36)28-37(60-43(56)50-13-9-34(10-14-50)51-15-6-32-4-2-3-5-35(32)44-41(51)54)40(53)49-18-16-48(17-19-49)33-7-11-47(12-8-33)29-38(52)58-25-22-46-20-23-57-24-21-46/h2-5,26-27,33-34,37H,6-25,28-29H2,1H3,(H,44,54)(H,45,55)/t37-/m1/s1. The number of piperazine rings is 1. The normalized spacial score (nSPS) is 21.0. The number of benzene rings is 2. The number of likely N-dealkylation sites (tertiary alicyclic amines) is 2. The summed E-state index contributed by atoms with van der Waals surface area (Å²) in [6, 6.07) is 11.6. The van der Waals surface area contributed by atoms with E-state index < -0.39 is 18.0 Å². The molecule has 17 heteroatoms. The summed E-state index contributed by atoms with van der Waals surface area (Å²) < 4.78 is 22.4. The van der Waals surface area contributed by atoms with Crippen molar-refractivity contribution < 1.29 is 37.8 Å². The lowest BCUT2D eigenvalue weighted by atomic mass is 10.0. The number of H-pyrrole nitrogens is 1. The minimum Gasteiger partial charge on any atom is -0.463 e. The number of piperidine rings is 2. The second-order valence-electron chi connectivity index (χ2n) is 16.7. The third-order valence-electron chi connectivity index (χ3n) is 12.9. The monoisotopic (exact) mass is 830 g/mol. The molecular weight excluding hydrogens is 773 g/mol. The average Bonchev–Trinajstić information content (AvgIpc) is 3.56. The fourth-order valence-electron chi connectivity index (χ4n) is 9.40. The zero-order valence-electron chi connectivity index (χ0n) is 34.6. The molecule has 60 heavy (non-hydrogen) atoms. The lowest BCUT2D eigenvalue weighted by molar-refractivity contribution is -0.146. The SMILES string of the molecule is Cc1cc(C[C@@H](OC(=O)N2CCC(N3CCc4ccccc4NC3=O)CC2)C(=O)N2CCN(C3CCN(CC(=O)OCCN4CCOCC4)CC3)CC2)cc2oc(=O)[nH]c12. The third-order valence-corrected chi connectivity index (χ3v) is 12.9. The Morgan fingerprint density at radius 3 is 2.33 bits per heavy atom. The number of aromatic amines is 1. The number of nitrogens with zero attached hydrogens (tertiary/aromatic N) is 6. The van der Waals surface area contributed by atoms with Crippen LogP contribution in [0.15, 0.2) is 45.6 Å². The summed E-state index contributed by atoms with van der Waals surface area (Å²) in [7, 11) is 0. The van der Waals surface area contributed by atoms with E-state index in [9.17, 15) is 24.0 Å². The largest absolute Gasteiger partial charge is 0.463 e. The van der Waals surface area contributed by atoms with E-state index in [4.69, 9.17) is 18.6 Å². The van der Waals surface area contributed by atoms with Gasteiger partial charge >= 0.3 is 23.8 Å². The Morgan fingerprint density at radius 1 is 0.833 bits per heavy atom. The van der Waals surface area contributed by atoms with Gasteiger partial charge in [0.25, 0.3) is 5.91 Å². The van der Waals surface area contributed by atoms with Crippen LogP contribution in [0.25, 0.3) is 11.1 Å². The fraction of sp³-hybridized carbons (Fsp3) is 0.605. The summed E-state index contributed by atoms with van der Waals surface area (Å²) in [5.41, 5.74) is 4.42. The van der Waals surface area contributed by atoms with Crippen LogP contribution < -0.4 is 11.1 Å². The predicted octanol–water partition coefficient (Wildman–Crippen LogP) is 2.52. The van der Waals surface area contributed by atoms with Gasteiger partial charge in [0.1, 0.15) is 6.61 Å². The lowest BCUT2D eigenvalue weighted by Crippen LogP contribution is -2.57. The number of carbonyl (C=O) groups is 4. The lowest BCUT2D eigenvalue weighted by Gasteiger charge is -2.43. The van der Waals surface area contributed by atoms with Crippen molar-refractivity contribution in [3.63, 3.8) is 0 Å². The molecule has 4 saturated heterocycles. The molecule has 0 unspecified atom stereocenters. The topological polar surface area (TPSA) is 173 Å². The van der Waals surface area contributed by atoms with E-state index in [0.717, 1.165) is 82.0 Å². The summed E-state index contributed by atoms with van der Waals surface area (Å²) in [5, 5.41) is 3.05. The number of para-hydroxylation sites is 1. The molecule has 6 heterocycles. The number of fused-ring (bicyclic) bond motifs is 2. The van der Waals surface area contributed by atoms with Gasteiger partial charge < -0.3 is 38.6 Å². The first-order valence-electron chi connectivity index (χ1n) is 21.6. The third kappa shape index (κ3) is 10.1. The molecule has 3 aromatic rings. The predicted molar refractivity (Wildman–Crippen MR) is 222 cm³/mol. The van der Waals surface area contributed by atoms with Crippen LogP contribution in [-0.2, 0) is 36.6 Å². The molecule has 5 aliphatic rings. The van der Waals surface area contributed by atoms with E-state index in [-0.39, 0.29) is 30.4 Å². The van der Waals surface area contributed by atoms with Gasteiger partial charge in [-0.15, -0.1) is 0 Å². The average molecular weight is 831 g/mol. The van der Waals surface area contributed by atoms with Gasteiger partial charge in [-0.05, 0) is 67.9 Å². The summed E-state index contributed by atoms with van der Waals surface area (Å²) in [6.07, 6.45) is 2.28. The molecule has 2 N–H and O–H groups in total. The number of ether oxygens (including phenoxy) is 3. The summed E-state index contributed by atoms with van der Waals surface area (Å²) >= 11 is 0. The van der Waals surface area contributed by atoms with Crippen molar-refractivity contribution in [2.75, 3.05) is 110 Å². The van der Waals surface area contributed by atoms with Crippen molar-refractivity contribution in [1.82, 2.24) is 34.4 Å². The summed E-state index contributed by atoms with van der Waals surface area (Å²) in [5.74, 6) is -1.00. The molecule has 0 spiro atoms. The van der Waals surface area contributed by atoms with E-state index in [1.165, 1.54) is 0 Å². The maximum absolute atomic E-state index is 14.3. The number of hydrogen-bond donors (Lipinski definition) is 2. The molecule has 4 amide bonds. The Morgan fingerprint density at radius 2 is 1.57 bits per heavy atom. The highest BCUT2D eigenvalue weighted by Crippen LogP contribution is 2.26. The number of carbonyl (C=O) groups excluding carboxylic acids is 4. The van der Waals surface area contributed by atoms with Crippen molar-refractivity contribution in [1.29, 1.82) is 0 Å². The maximum Gasteiger partial charge on any atom is 0.417 e. The highest BCUT2D eigenvalue weighted by molar-refractivity contribution is 5.91. The smallest absolute Gasteiger partial charge is 0.417 e. The highest BCUT2D eigenvalue weighted by Gasteiger charge is 2.37. The van der Waals surface area contributed by atoms with Crippen LogP contribution in [0, 0.1) is 6.92 Å². The summed E-state index contributed by atoms with van der Waals surface area (Å²) in [6.45, 7) is 11.9. The van der Waals surface area contributed by atoms with E-state index in [0.29, 0.717) is 94.5 Å². The van der Waals surface area contributed by atoms with E-state index >= 15 is 0 Å². The van der Waals surface area contributed by atoms with Crippen molar-refractivity contribution in [2.24, 2.45) is 0 Å². The van der Waals surface area contributed by atoms with Crippen molar-refractivity contribution in [2.45, 2.75) is 63.6 Å². The molecule has 1 atom stereocenters. The van der Waals surface area contributed by atoms with Crippen LogP contribution in [0.5, 0.6) is 0 Å². The van der Waals surface area contributed by atoms with Gasteiger partial charge in [-0.2, -0.15) is 0 Å². The van der Waals surface area contributed by atoms with Gasteiger partial charge in [0.15, 0.2) is 11.7 Å². The van der Waals surface area contributed by atoms with Crippen LogP contribution in [0.4, 0.5) is 15.3 Å². The molecule has 324 valence electrons. The van der Waals surface area contributed by atoms with Crippen LogP contribution in [0.1, 0.15) is 42.4 Å². The van der Waals surface area contributed by atoms with Gasteiger partial charge in [-0.1, -0.05) is 24.3 Å². The van der Waals surface area contributed by atoms with Gasteiger partial charge in [0, 0.05) is 103 Å². The highest BCUT2D eigenvalue weighted by atomic mass is 16.6. The minimum absolute atomic E-state index is 0.0257. The number of aryl methyl sites for hydroxylation is 1. The zero-order chi connectivity index (χ0) is 41.6. The fourth-order valence-corrected chi connectivity index (χ4v) is 9.40. The van der Waals surface area contributed by atoms with E-state index in [1.807, 2.05) is 42.2 Å². The molecule has 4 fully saturated rings. The second-order valence-corrected chi connectivity index (χ2v) is 16.7. The quantitative estimate of drug-likeness (QED) is 0.271. The van der Waals surface area contributed by atoms with E-state index in [2.05, 4.69) is 25.0 Å². The van der Waals surface area contributed by atoms with Crippen LogP contribution >= 0.6 is 0 Å². The number of amides is 4. The van der Waals surface area contributed by atoms with E-state index in [1.54, 1.807) is 15.9 Å². The molecule has 1 aromatic heterocycles. The number of aromatic nitrogens is 1. The Bertz CT molecular complexity index is 2040. The number of anilines is 1. The van der Waals surface area contributed by atoms with Crippen LogP contribution in [0.2, 0.25) is 0 Å². The molecule has 0 bridgehead atoms. The van der Waals surface area contributed by atoms with Gasteiger partial charge in [-0.25, -0.2) is 14.4 Å². The van der Waals surface area contributed by atoms with Crippen molar-refractivity contribution >= 4 is 40.8 Å². The first-order valence-corrected chi connectivity index (χ1v) is 21.6. The van der Waals surface area contributed by atoms with Crippen LogP contribution in [-0.4, -0.2) is 181 Å². The number of esters is 1. The number of hydrogen-bond acceptors (Lipinski definition) is 12. The second kappa shape index (κ2) is 19.2. The number of nitrogens with one attached hydrogen (secondary N) is 2. The first-order chi connectivity index (χ1) is 29.2. The molecular formula is C43H58N8O9. The number of morpholine rings is 1. The minimum atomic E-state index is -1.09. The zero-order valence-corrected chi connectivity index (χ0v) is 34.6. The molecule has 8 rings (SSSR count). The molecule has 0 radical (unpaired) electrons. The molecule has 17 nitrogen and oxygen atoms in total. The van der Waals surface area contributed by atoms with Gasteiger partial charge in [0.2, 0.25) is 0 Å². The molecule has 0 saturated carbocycles.